The molecule has 2 atom stereocenters. The van der Waals surface area contributed by atoms with Crippen LogP contribution in [0.2, 0.25) is 0 Å². The van der Waals surface area contributed by atoms with Crippen molar-refractivity contribution in [3.63, 3.8) is 0 Å². The quantitative estimate of drug-likeness (QED) is 0.0320. The fraction of sp³-hybridized carbons (Fsp3) is 0.951. The SMILES string of the molecule is CCCC/C=C\CCCCCCCC(=O)OCCCCCCCCCCCCCCCCCCCCCCCCCCCCCCCCCCCCCCCCCC(=O)NC(CO)C(O)CCCCCCCCCCCCCCCCCCCCCCC. The van der Waals surface area contributed by atoms with E-state index in [0.29, 0.717) is 25.9 Å². The highest BCUT2D eigenvalue weighted by molar-refractivity contribution is 5.76. The molecule has 3 N–H and O–H groups in total. The molecule has 0 aromatic carbocycles. The first kappa shape index (κ1) is 86.6. The number of rotatable bonds is 78. The van der Waals surface area contributed by atoms with Gasteiger partial charge in [-0.05, 0) is 44.9 Å². The standard InChI is InChI=1S/C82H161NO5/c1-3-5-7-9-11-13-15-16-17-18-19-39-42-45-48-51-55-58-62-66-70-74-80(85)79(78-84)83-81(86)75-71-67-63-59-56-52-49-46-43-40-37-35-33-31-29-27-25-23-21-20-22-24-26-28-30-32-34-36-38-41-44-47-50-53-57-61-65-69-73-77-88-82(87)76-72-68-64-60-54-14-12-10-8-6-4-2/h10,12,79-80,84-85H,3-9,11,13-78H2,1-2H3,(H,83,86)/b12-10-. The molecular formula is C82H161NO5. The number of unbranched alkanes of at least 4 members (excludes halogenated alkanes) is 65. The van der Waals surface area contributed by atoms with Crippen LogP contribution in [0.3, 0.4) is 0 Å². The van der Waals surface area contributed by atoms with Gasteiger partial charge in [-0.2, -0.15) is 0 Å². The van der Waals surface area contributed by atoms with E-state index in [2.05, 4.69) is 31.3 Å². The maximum atomic E-state index is 12.6. The summed E-state index contributed by atoms with van der Waals surface area (Å²) in [6.07, 6.45) is 99.0. The second-order valence-corrected chi connectivity index (χ2v) is 28.5. The van der Waals surface area contributed by atoms with E-state index in [1.165, 1.54) is 398 Å². The Hall–Kier alpha value is -1.40. The van der Waals surface area contributed by atoms with Gasteiger partial charge in [-0.3, -0.25) is 9.59 Å². The number of amides is 1. The first-order valence-electron chi connectivity index (χ1n) is 40.9. The Balaban J connectivity index is 3.30. The Morgan fingerprint density at radius 1 is 0.307 bits per heavy atom. The molecule has 0 aliphatic heterocycles. The molecule has 0 aliphatic rings. The van der Waals surface area contributed by atoms with Crippen LogP contribution in [0.15, 0.2) is 12.2 Å². The van der Waals surface area contributed by atoms with Crippen LogP contribution in [-0.2, 0) is 14.3 Å². The summed E-state index contributed by atoms with van der Waals surface area (Å²) in [5.74, 6) is -0.00908. The highest BCUT2D eigenvalue weighted by Crippen LogP contribution is 2.21. The summed E-state index contributed by atoms with van der Waals surface area (Å²) in [4.78, 5) is 24.6. The number of allylic oxidation sites excluding steroid dienone is 2. The van der Waals surface area contributed by atoms with Crippen LogP contribution in [0.1, 0.15) is 476 Å². The van der Waals surface area contributed by atoms with Crippen LogP contribution in [-0.4, -0.2) is 47.4 Å². The second-order valence-electron chi connectivity index (χ2n) is 28.5. The molecular weight excluding hydrogens is 1080 g/mol. The highest BCUT2D eigenvalue weighted by Gasteiger charge is 2.20. The number of carbonyl (C=O) groups excluding carboxylic acids is 2. The number of carbonyl (C=O) groups is 2. The van der Waals surface area contributed by atoms with Gasteiger partial charge in [0.1, 0.15) is 0 Å². The summed E-state index contributed by atoms with van der Waals surface area (Å²) in [5.41, 5.74) is 0. The maximum absolute atomic E-state index is 12.6. The third kappa shape index (κ3) is 73.6. The molecule has 524 valence electrons. The summed E-state index contributed by atoms with van der Waals surface area (Å²) >= 11 is 0. The third-order valence-corrected chi connectivity index (χ3v) is 19.6. The first-order chi connectivity index (χ1) is 43.5. The molecule has 1 amide bonds. The van der Waals surface area contributed by atoms with Crippen molar-refractivity contribution in [3.05, 3.63) is 12.2 Å². The molecule has 0 aromatic rings. The lowest BCUT2D eigenvalue weighted by atomic mass is 10.0. The monoisotopic (exact) mass is 1240 g/mol. The Kier molecular flexibility index (Phi) is 76.8. The predicted molar refractivity (Wildman–Crippen MR) is 389 cm³/mol. The summed E-state index contributed by atoms with van der Waals surface area (Å²) in [6, 6.07) is -0.537. The Bertz CT molecular complexity index is 1340. The van der Waals surface area contributed by atoms with Crippen LogP contribution in [0.5, 0.6) is 0 Å². The smallest absolute Gasteiger partial charge is 0.305 e. The summed E-state index contributed by atoms with van der Waals surface area (Å²) in [7, 11) is 0. The van der Waals surface area contributed by atoms with Crippen molar-refractivity contribution in [1.29, 1.82) is 0 Å². The van der Waals surface area contributed by atoms with Crippen LogP contribution in [0.25, 0.3) is 0 Å². The number of nitrogens with one attached hydrogen (secondary N) is 1. The Morgan fingerprint density at radius 2 is 0.545 bits per heavy atom. The lowest BCUT2D eigenvalue weighted by Gasteiger charge is -2.22. The van der Waals surface area contributed by atoms with E-state index in [1.54, 1.807) is 0 Å². The van der Waals surface area contributed by atoms with Gasteiger partial charge in [-0.15, -0.1) is 0 Å². The van der Waals surface area contributed by atoms with Crippen molar-refractivity contribution in [2.45, 2.75) is 488 Å². The molecule has 0 radical (unpaired) electrons. The van der Waals surface area contributed by atoms with Crippen molar-refractivity contribution < 1.29 is 24.5 Å². The first-order valence-corrected chi connectivity index (χ1v) is 40.9. The molecule has 0 saturated heterocycles. The molecule has 6 heteroatoms. The Morgan fingerprint density at radius 3 is 0.841 bits per heavy atom. The largest absolute Gasteiger partial charge is 0.466 e. The van der Waals surface area contributed by atoms with E-state index in [4.69, 9.17) is 4.74 Å². The molecule has 0 saturated carbocycles. The van der Waals surface area contributed by atoms with E-state index in [0.717, 1.165) is 44.9 Å². The lowest BCUT2D eigenvalue weighted by Crippen LogP contribution is -2.45. The molecule has 0 heterocycles. The third-order valence-electron chi connectivity index (χ3n) is 19.6. The molecule has 2 unspecified atom stereocenters. The Labute approximate surface area is 552 Å². The van der Waals surface area contributed by atoms with Gasteiger partial charge in [0.2, 0.25) is 5.91 Å². The van der Waals surface area contributed by atoms with Gasteiger partial charge in [0.15, 0.2) is 0 Å². The van der Waals surface area contributed by atoms with E-state index in [1.807, 2.05) is 0 Å². The molecule has 0 spiro atoms. The topological polar surface area (TPSA) is 95.9 Å². The zero-order chi connectivity index (χ0) is 63.5. The van der Waals surface area contributed by atoms with Gasteiger partial charge in [0, 0.05) is 12.8 Å². The molecule has 0 aliphatic carbocycles. The molecule has 6 nitrogen and oxygen atoms in total. The normalized spacial score (nSPS) is 12.5. The highest BCUT2D eigenvalue weighted by atomic mass is 16.5. The molecule has 0 fully saturated rings. The van der Waals surface area contributed by atoms with Crippen molar-refractivity contribution >= 4 is 11.9 Å². The van der Waals surface area contributed by atoms with Crippen molar-refractivity contribution in [3.8, 4) is 0 Å². The number of ether oxygens (including phenoxy) is 1. The lowest BCUT2D eigenvalue weighted by molar-refractivity contribution is -0.143. The molecule has 0 rings (SSSR count). The number of esters is 1. The van der Waals surface area contributed by atoms with Gasteiger partial charge >= 0.3 is 5.97 Å². The fourth-order valence-electron chi connectivity index (χ4n) is 13.3. The molecule has 88 heavy (non-hydrogen) atoms. The molecule has 0 bridgehead atoms. The zero-order valence-electron chi connectivity index (χ0n) is 60.3. The van der Waals surface area contributed by atoms with Crippen LogP contribution in [0, 0.1) is 0 Å². The number of hydrogen-bond acceptors (Lipinski definition) is 5. The average Bonchev–Trinajstić information content (AvgIpc) is 3.55. The summed E-state index contributed by atoms with van der Waals surface area (Å²) in [6.45, 7) is 4.97. The van der Waals surface area contributed by atoms with E-state index in [-0.39, 0.29) is 18.5 Å². The zero-order valence-corrected chi connectivity index (χ0v) is 60.3. The van der Waals surface area contributed by atoms with Crippen LogP contribution >= 0.6 is 0 Å². The maximum Gasteiger partial charge on any atom is 0.305 e. The van der Waals surface area contributed by atoms with E-state index >= 15 is 0 Å². The summed E-state index contributed by atoms with van der Waals surface area (Å²) in [5, 5.41) is 23.5. The number of aliphatic hydroxyl groups is 2. The van der Waals surface area contributed by atoms with Crippen LogP contribution in [0.4, 0.5) is 0 Å². The average molecular weight is 1240 g/mol. The van der Waals surface area contributed by atoms with E-state index < -0.39 is 12.1 Å². The van der Waals surface area contributed by atoms with Crippen LogP contribution < -0.4 is 5.32 Å². The van der Waals surface area contributed by atoms with Gasteiger partial charge in [-0.25, -0.2) is 0 Å². The van der Waals surface area contributed by atoms with Gasteiger partial charge < -0.3 is 20.3 Å². The minimum absolute atomic E-state index is 0.0139. The van der Waals surface area contributed by atoms with E-state index in [9.17, 15) is 19.8 Å². The van der Waals surface area contributed by atoms with Gasteiger partial charge in [0.25, 0.3) is 0 Å². The van der Waals surface area contributed by atoms with Gasteiger partial charge in [-0.1, -0.05) is 431 Å². The number of aliphatic hydroxyl groups excluding tert-OH is 2. The molecule has 0 aromatic heterocycles. The second kappa shape index (κ2) is 78.0. The van der Waals surface area contributed by atoms with Crippen molar-refractivity contribution in [2.75, 3.05) is 13.2 Å². The minimum Gasteiger partial charge on any atom is -0.466 e. The predicted octanol–water partition coefficient (Wildman–Crippen LogP) is 27.1. The minimum atomic E-state index is -0.660. The fourth-order valence-corrected chi connectivity index (χ4v) is 13.3. The summed E-state index contributed by atoms with van der Waals surface area (Å²) < 4.78 is 5.48. The van der Waals surface area contributed by atoms with Crippen molar-refractivity contribution in [2.24, 2.45) is 0 Å². The number of hydrogen-bond donors (Lipinski definition) is 3. The van der Waals surface area contributed by atoms with Crippen molar-refractivity contribution in [1.82, 2.24) is 5.32 Å². The van der Waals surface area contributed by atoms with Gasteiger partial charge in [0.05, 0.1) is 25.4 Å².